The molecule has 2 saturated heterocycles. The number of nitrogens with zero attached hydrogens (tertiary/aromatic N) is 2. The molecule has 0 atom stereocenters. The zero-order chi connectivity index (χ0) is 28.4. The van der Waals surface area contributed by atoms with Gasteiger partial charge in [0.05, 0.1) is 12.9 Å². The van der Waals surface area contributed by atoms with Gasteiger partial charge in [-0.25, -0.2) is 9.59 Å². The summed E-state index contributed by atoms with van der Waals surface area (Å²) in [6, 6.07) is 0. The van der Waals surface area contributed by atoms with E-state index in [1.54, 1.807) is 16.7 Å². The fourth-order valence-electron chi connectivity index (χ4n) is 3.67. The number of piperidine rings is 2. The Labute approximate surface area is 242 Å². The Kier molecular flexibility index (Phi) is 17.6. The van der Waals surface area contributed by atoms with Crippen LogP contribution in [0.15, 0.2) is 0 Å². The lowest BCUT2D eigenvalue weighted by Gasteiger charge is -2.33. The normalized spacial score (nSPS) is 17.1. The minimum atomic E-state index is -3.38. The lowest BCUT2D eigenvalue weighted by Crippen LogP contribution is -2.42. The Morgan fingerprint density at radius 2 is 1.13 bits per heavy atom. The Morgan fingerprint density at radius 3 is 1.44 bits per heavy atom. The molecule has 2 fully saturated rings. The molecule has 0 aromatic carbocycles. The molecule has 0 aromatic heterocycles. The predicted molar refractivity (Wildman–Crippen MR) is 158 cm³/mol. The van der Waals surface area contributed by atoms with Crippen LogP contribution in [0.4, 0.5) is 9.59 Å². The van der Waals surface area contributed by atoms with Crippen molar-refractivity contribution in [3.8, 4) is 0 Å². The van der Waals surface area contributed by atoms with Gasteiger partial charge in [-0.05, 0) is 79.1 Å². The largest absolute Gasteiger partial charge is 0.444 e. The van der Waals surface area contributed by atoms with Gasteiger partial charge in [0.2, 0.25) is 0 Å². The first-order chi connectivity index (χ1) is 16.8. The number of ether oxygens (including phenoxy) is 2. The van der Waals surface area contributed by atoms with Crippen LogP contribution in [0.1, 0.15) is 89.0 Å². The molecule has 0 spiro atoms. The highest BCUT2D eigenvalue weighted by atomic mass is 32.2. The number of carbonyl (C=O) groups excluding carboxylic acids is 3. The summed E-state index contributed by atoms with van der Waals surface area (Å²) in [7, 11) is -3.38. The van der Waals surface area contributed by atoms with Crippen molar-refractivity contribution in [2.75, 3.05) is 44.8 Å². The number of amides is 2. The minimum absolute atomic E-state index is 0. The van der Waals surface area contributed by atoms with Gasteiger partial charge in [-0.2, -0.15) is 8.42 Å². The monoisotopic (exact) mass is 598 g/mol. The Bertz CT molecular complexity index is 850. The van der Waals surface area contributed by atoms with Crippen molar-refractivity contribution in [3.05, 3.63) is 0 Å². The summed E-state index contributed by atoms with van der Waals surface area (Å²) in [5, 5.41) is 0.171. The molecule has 2 amide bonds. The van der Waals surface area contributed by atoms with Crippen LogP contribution in [-0.2, 0) is 28.6 Å². The van der Waals surface area contributed by atoms with Crippen molar-refractivity contribution in [1.82, 2.24) is 9.80 Å². The first kappa shape index (κ1) is 39.6. The van der Waals surface area contributed by atoms with E-state index in [1.165, 1.54) is 11.8 Å². The molecule has 0 N–H and O–H groups in total. The predicted octanol–water partition coefficient (Wildman–Crippen LogP) is 5.80. The van der Waals surface area contributed by atoms with Crippen molar-refractivity contribution < 1.29 is 36.5 Å². The summed E-state index contributed by atoms with van der Waals surface area (Å²) < 4.78 is 37.2. The molecule has 0 unspecified atom stereocenters. The van der Waals surface area contributed by atoms with Crippen LogP contribution in [0.5, 0.6) is 0 Å². The highest BCUT2D eigenvalue weighted by Gasteiger charge is 2.28. The van der Waals surface area contributed by atoms with Gasteiger partial charge in [-0.15, -0.1) is 0 Å². The SMILES string of the molecule is C.C.CC(=O)SCC1CCN(C(=O)OC(C)(C)C)CC1.CC(C)(C)OC(=O)N1CCC(COS(C)(=O)=O)CC1. The molecule has 0 aliphatic carbocycles. The van der Waals surface area contributed by atoms with E-state index in [-0.39, 0.29) is 44.7 Å². The lowest BCUT2D eigenvalue weighted by molar-refractivity contribution is -0.109. The van der Waals surface area contributed by atoms with Gasteiger partial charge in [0.1, 0.15) is 11.2 Å². The standard InChI is InChI=1S/C13H23NO3S.C12H23NO5S.2CH4/c1-10(15)18-9-11-5-7-14(8-6-11)12(16)17-13(2,3)4;1-12(2,3)18-11(14)13-7-5-10(6-8-13)9-17-19(4,15)16;;/h11H,5-9H2,1-4H3;10H,5-9H2,1-4H3;2*1H4. The topological polar surface area (TPSA) is 120 Å². The van der Waals surface area contributed by atoms with Gasteiger partial charge in [0, 0.05) is 38.9 Å². The number of hydrogen-bond donors (Lipinski definition) is 0. The zero-order valence-electron chi connectivity index (χ0n) is 23.7. The van der Waals surface area contributed by atoms with E-state index in [4.69, 9.17) is 13.7 Å². The average Bonchev–Trinajstić information content (AvgIpc) is 2.74. The van der Waals surface area contributed by atoms with Crippen molar-refractivity contribution in [2.24, 2.45) is 11.8 Å². The smallest absolute Gasteiger partial charge is 0.410 e. The first-order valence-electron chi connectivity index (χ1n) is 12.8. The number of hydrogen-bond acceptors (Lipinski definition) is 9. The maximum Gasteiger partial charge on any atom is 0.410 e. The molecular weight excluding hydrogens is 544 g/mol. The molecule has 2 rings (SSSR count). The van der Waals surface area contributed by atoms with Crippen LogP contribution < -0.4 is 0 Å². The Balaban J connectivity index is 0. The molecule has 232 valence electrons. The van der Waals surface area contributed by atoms with Crippen molar-refractivity contribution >= 4 is 39.2 Å². The van der Waals surface area contributed by atoms with Crippen LogP contribution in [-0.4, -0.2) is 91.5 Å². The second-order valence-corrected chi connectivity index (χ2v) is 14.5. The molecule has 0 bridgehead atoms. The van der Waals surface area contributed by atoms with Gasteiger partial charge in [0.15, 0.2) is 5.12 Å². The molecule has 2 heterocycles. The Morgan fingerprint density at radius 1 is 0.769 bits per heavy atom. The second-order valence-electron chi connectivity index (χ2n) is 11.6. The van der Waals surface area contributed by atoms with E-state index >= 15 is 0 Å². The van der Waals surface area contributed by atoms with Gasteiger partial charge >= 0.3 is 12.2 Å². The molecule has 39 heavy (non-hydrogen) atoms. The van der Waals surface area contributed by atoms with E-state index in [9.17, 15) is 22.8 Å². The summed E-state index contributed by atoms with van der Waals surface area (Å²) in [6.07, 6.45) is 3.89. The summed E-state index contributed by atoms with van der Waals surface area (Å²) in [5.41, 5.74) is -0.925. The average molecular weight is 599 g/mol. The fourth-order valence-corrected chi connectivity index (χ4v) is 4.92. The van der Waals surface area contributed by atoms with Crippen molar-refractivity contribution in [2.45, 2.75) is 100 Å². The second kappa shape index (κ2) is 17.3. The van der Waals surface area contributed by atoms with Crippen LogP contribution >= 0.6 is 11.8 Å². The maximum absolute atomic E-state index is 11.8. The Hall–Kier alpha value is -1.53. The summed E-state index contributed by atoms with van der Waals surface area (Å²) >= 11 is 1.38. The summed E-state index contributed by atoms with van der Waals surface area (Å²) in [5.74, 6) is 1.59. The number of carbonyl (C=O) groups is 3. The molecule has 0 radical (unpaired) electrons. The fraction of sp³-hybridized carbons (Fsp3) is 0.889. The van der Waals surface area contributed by atoms with E-state index in [0.29, 0.717) is 19.0 Å². The lowest BCUT2D eigenvalue weighted by atomic mass is 9.98. The van der Waals surface area contributed by atoms with E-state index in [1.807, 2.05) is 41.5 Å². The minimum Gasteiger partial charge on any atom is -0.444 e. The van der Waals surface area contributed by atoms with Crippen molar-refractivity contribution in [3.63, 3.8) is 0 Å². The van der Waals surface area contributed by atoms with Crippen molar-refractivity contribution in [1.29, 1.82) is 0 Å². The molecule has 10 nitrogen and oxygen atoms in total. The molecule has 2 aliphatic heterocycles. The van der Waals surface area contributed by atoms with Crippen LogP contribution in [0.3, 0.4) is 0 Å². The third kappa shape index (κ3) is 19.2. The molecule has 0 aromatic rings. The summed E-state index contributed by atoms with van der Waals surface area (Å²) in [6.45, 7) is 15.5. The highest BCUT2D eigenvalue weighted by Crippen LogP contribution is 2.23. The third-order valence-electron chi connectivity index (χ3n) is 5.57. The maximum atomic E-state index is 11.8. The van der Waals surface area contributed by atoms with Crippen LogP contribution in [0.2, 0.25) is 0 Å². The van der Waals surface area contributed by atoms with Gasteiger partial charge in [0.25, 0.3) is 10.1 Å². The summed E-state index contributed by atoms with van der Waals surface area (Å²) in [4.78, 5) is 38.0. The molecule has 12 heteroatoms. The molecular formula is C27H54N2O8S2. The van der Waals surface area contributed by atoms with E-state index in [0.717, 1.165) is 50.8 Å². The number of likely N-dealkylation sites (tertiary alicyclic amines) is 2. The van der Waals surface area contributed by atoms with Crippen LogP contribution in [0.25, 0.3) is 0 Å². The zero-order valence-corrected chi connectivity index (χ0v) is 25.3. The quantitative estimate of drug-likeness (QED) is 0.362. The van der Waals surface area contributed by atoms with Crippen LogP contribution in [0, 0.1) is 11.8 Å². The van der Waals surface area contributed by atoms with E-state index < -0.39 is 21.3 Å². The highest BCUT2D eigenvalue weighted by molar-refractivity contribution is 8.13. The number of thioether (sulfide) groups is 1. The first-order valence-corrected chi connectivity index (χ1v) is 15.6. The van der Waals surface area contributed by atoms with Gasteiger partial charge in [-0.3, -0.25) is 8.98 Å². The molecule has 2 aliphatic rings. The number of rotatable bonds is 5. The third-order valence-corrected chi connectivity index (χ3v) is 7.18. The van der Waals surface area contributed by atoms with Gasteiger partial charge in [-0.1, -0.05) is 26.6 Å². The molecule has 0 saturated carbocycles. The van der Waals surface area contributed by atoms with E-state index in [2.05, 4.69) is 0 Å². The van der Waals surface area contributed by atoms with Gasteiger partial charge < -0.3 is 19.3 Å².